The largest absolute Gasteiger partial charge is 0.623 e. The molecule has 90 valence electrons. The van der Waals surface area contributed by atoms with Crippen LogP contribution in [0.4, 0.5) is 0 Å². The lowest BCUT2D eigenvalue weighted by Crippen LogP contribution is -2.36. The molecule has 1 atom stereocenters. The van der Waals surface area contributed by atoms with Crippen molar-refractivity contribution in [3.8, 4) is 0 Å². The summed E-state index contributed by atoms with van der Waals surface area (Å²) in [6.07, 6.45) is 0.413. The van der Waals surface area contributed by atoms with Gasteiger partial charge in [-0.1, -0.05) is 30.3 Å². The fourth-order valence-corrected chi connectivity index (χ4v) is 2.43. The van der Waals surface area contributed by atoms with E-state index in [0.717, 1.165) is 10.3 Å². The Morgan fingerprint density at radius 1 is 1.41 bits per heavy atom. The topological polar surface area (TPSA) is 69.2 Å². The Morgan fingerprint density at radius 2 is 2.00 bits per heavy atom. The minimum Gasteiger partial charge on any atom is -0.623 e. The minimum absolute atomic E-state index is 0.00343. The summed E-state index contributed by atoms with van der Waals surface area (Å²) in [6, 6.07) is 9.75. The lowest BCUT2D eigenvalue weighted by atomic mass is 9.82. The van der Waals surface area contributed by atoms with E-state index in [4.69, 9.17) is 5.73 Å². The molecular formula is C13H16N2O2. The highest BCUT2D eigenvalue weighted by molar-refractivity contribution is 6.36. The van der Waals surface area contributed by atoms with Gasteiger partial charge in [0.25, 0.3) is 5.71 Å². The maximum Gasteiger partial charge on any atom is 0.309 e. The predicted octanol–water partition coefficient (Wildman–Crippen LogP) is 1.39. The molecule has 0 saturated heterocycles. The Labute approximate surface area is 100 Å². The zero-order valence-corrected chi connectivity index (χ0v) is 10.0. The van der Waals surface area contributed by atoms with E-state index in [1.807, 2.05) is 44.2 Å². The van der Waals surface area contributed by atoms with E-state index in [1.165, 1.54) is 0 Å². The van der Waals surface area contributed by atoms with Gasteiger partial charge >= 0.3 is 5.91 Å². The van der Waals surface area contributed by atoms with Crippen LogP contribution in [0.25, 0.3) is 0 Å². The van der Waals surface area contributed by atoms with Crippen LogP contribution in [0.1, 0.15) is 31.7 Å². The average molecular weight is 232 g/mol. The molecule has 1 amide bonds. The van der Waals surface area contributed by atoms with Gasteiger partial charge in [0, 0.05) is 13.8 Å². The van der Waals surface area contributed by atoms with Gasteiger partial charge in [0.1, 0.15) is 0 Å². The monoisotopic (exact) mass is 232 g/mol. The lowest BCUT2D eigenvalue weighted by Gasteiger charge is -2.25. The average Bonchev–Trinajstić information content (AvgIpc) is 2.52. The van der Waals surface area contributed by atoms with E-state index >= 15 is 0 Å². The number of carbonyl (C=O) groups excluding carboxylic acids is 1. The van der Waals surface area contributed by atoms with Gasteiger partial charge in [0.2, 0.25) is 0 Å². The summed E-state index contributed by atoms with van der Waals surface area (Å²) in [5.74, 6) is -0.616. The Morgan fingerprint density at radius 3 is 2.47 bits per heavy atom. The standard InChI is InChI=1S/C13H16N2O2/c1-13(2)10(9-6-4-3-5-7-9)8-11(12(14)16)15(13)17/h3-7,10H,8H2,1-2H3,(H2,14,16). The molecule has 4 heteroatoms. The van der Waals surface area contributed by atoms with E-state index in [0.29, 0.717) is 6.42 Å². The highest BCUT2D eigenvalue weighted by atomic mass is 16.5. The van der Waals surface area contributed by atoms with Crippen molar-refractivity contribution in [2.45, 2.75) is 31.7 Å². The number of nitrogens with zero attached hydrogens (tertiary/aromatic N) is 1. The minimum atomic E-state index is -0.633. The van der Waals surface area contributed by atoms with Crippen LogP contribution in [0.2, 0.25) is 0 Å². The van der Waals surface area contributed by atoms with Crippen LogP contribution >= 0.6 is 0 Å². The van der Waals surface area contributed by atoms with Crippen LogP contribution in [0, 0.1) is 5.21 Å². The molecule has 1 unspecified atom stereocenters. The first kappa shape index (κ1) is 11.6. The van der Waals surface area contributed by atoms with E-state index in [9.17, 15) is 10.0 Å². The SMILES string of the molecule is CC1(C)C(c2ccccc2)CC(C(N)=O)=[N+]1[O-]. The predicted molar refractivity (Wildman–Crippen MR) is 65.7 cm³/mol. The summed E-state index contributed by atoms with van der Waals surface area (Å²) < 4.78 is 0.771. The number of hydroxylamine groups is 1. The molecule has 4 nitrogen and oxygen atoms in total. The second-order valence-corrected chi connectivity index (χ2v) is 4.93. The number of carbonyl (C=O) groups is 1. The number of hydrogen-bond acceptors (Lipinski definition) is 2. The van der Waals surface area contributed by atoms with Crippen LogP contribution in [0.5, 0.6) is 0 Å². The van der Waals surface area contributed by atoms with Crippen molar-refractivity contribution in [1.29, 1.82) is 0 Å². The van der Waals surface area contributed by atoms with Gasteiger partial charge in [-0.25, -0.2) is 0 Å². The fraction of sp³-hybridized carbons (Fsp3) is 0.385. The van der Waals surface area contributed by atoms with Gasteiger partial charge in [-0.05, 0) is 5.56 Å². The highest BCUT2D eigenvalue weighted by Gasteiger charge is 2.48. The molecular weight excluding hydrogens is 216 g/mol. The Bertz CT molecular complexity index is 477. The number of nitrogens with two attached hydrogens (primary N) is 1. The summed E-state index contributed by atoms with van der Waals surface area (Å²) in [4.78, 5) is 11.2. The number of amides is 1. The first-order chi connectivity index (χ1) is 7.94. The third-order valence-corrected chi connectivity index (χ3v) is 3.51. The normalized spacial score (nSPS) is 22.8. The highest BCUT2D eigenvalue weighted by Crippen LogP contribution is 2.38. The molecule has 0 bridgehead atoms. The summed E-state index contributed by atoms with van der Waals surface area (Å²) in [5.41, 5.74) is 5.83. The summed E-state index contributed by atoms with van der Waals surface area (Å²) >= 11 is 0. The van der Waals surface area contributed by atoms with Gasteiger partial charge < -0.3 is 10.9 Å². The van der Waals surface area contributed by atoms with Crippen molar-refractivity contribution >= 4 is 11.6 Å². The first-order valence-electron chi connectivity index (χ1n) is 5.62. The molecule has 2 N–H and O–H groups in total. The summed E-state index contributed by atoms with van der Waals surface area (Å²) in [5, 5.41) is 12.0. The third-order valence-electron chi connectivity index (χ3n) is 3.51. The first-order valence-corrected chi connectivity index (χ1v) is 5.62. The van der Waals surface area contributed by atoms with E-state index in [-0.39, 0.29) is 11.6 Å². The second kappa shape index (κ2) is 3.87. The molecule has 0 radical (unpaired) electrons. The number of hydrogen-bond donors (Lipinski definition) is 1. The van der Waals surface area contributed by atoms with Crippen LogP contribution < -0.4 is 5.73 Å². The smallest absolute Gasteiger partial charge is 0.309 e. The van der Waals surface area contributed by atoms with E-state index in [1.54, 1.807) is 0 Å². The van der Waals surface area contributed by atoms with Gasteiger partial charge in [-0.2, -0.15) is 4.74 Å². The molecule has 0 saturated carbocycles. The molecule has 1 heterocycles. The van der Waals surface area contributed by atoms with Gasteiger partial charge in [0.15, 0.2) is 5.54 Å². The molecule has 0 aromatic heterocycles. The van der Waals surface area contributed by atoms with Crippen molar-refractivity contribution in [3.63, 3.8) is 0 Å². The number of benzene rings is 1. The molecule has 1 aromatic rings. The molecule has 1 aromatic carbocycles. The Hall–Kier alpha value is -1.84. The van der Waals surface area contributed by atoms with Crippen molar-refractivity contribution in [1.82, 2.24) is 0 Å². The van der Waals surface area contributed by atoms with Crippen molar-refractivity contribution in [2.75, 3.05) is 0 Å². The van der Waals surface area contributed by atoms with Crippen LogP contribution in [-0.2, 0) is 4.79 Å². The van der Waals surface area contributed by atoms with Gasteiger partial charge in [-0.3, -0.25) is 4.79 Å². The van der Waals surface area contributed by atoms with Crippen LogP contribution in [0.15, 0.2) is 30.3 Å². The van der Waals surface area contributed by atoms with Crippen LogP contribution in [0.3, 0.4) is 0 Å². The molecule has 1 aliphatic heterocycles. The fourth-order valence-electron chi connectivity index (χ4n) is 2.43. The molecule has 2 rings (SSSR count). The Kier molecular flexibility index (Phi) is 2.65. The second-order valence-electron chi connectivity index (χ2n) is 4.93. The molecule has 0 fully saturated rings. The quantitative estimate of drug-likeness (QED) is 0.618. The van der Waals surface area contributed by atoms with E-state index in [2.05, 4.69) is 0 Å². The maximum atomic E-state index is 12.0. The van der Waals surface area contributed by atoms with Crippen LogP contribution in [-0.4, -0.2) is 21.9 Å². The molecule has 0 spiro atoms. The van der Waals surface area contributed by atoms with Gasteiger partial charge in [-0.15, -0.1) is 0 Å². The number of rotatable bonds is 2. The Balaban J connectivity index is 2.40. The molecule has 17 heavy (non-hydrogen) atoms. The van der Waals surface area contributed by atoms with Crippen molar-refractivity contribution < 1.29 is 9.53 Å². The third kappa shape index (κ3) is 1.79. The number of primary amides is 1. The zero-order valence-electron chi connectivity index (χ0n) is 10.0. The summed E-state index contributed by atoms with van der Waals surface area (Å²) in [7, 11) is 0. The lowest BCUT2D eigenvalue weighted by molar-refractivity contribution is -0.533. The van der Waals surface area contributed by atoms with Gasteiger partial charge in [0.05, 0.1) is 12.3 Å². The zero-order chi connectivity index (χ0) is 12.6. The molecule has 0 aliphatic carbocycles. The van der Waals surface area contributed by atoms with E-state index < -0.39 is 11.4 Å². The maximum absolute atomic E-state index is 12.0. The summed E-state index contributed by atoms with van der Waals surface area (Å²) in [6.45, 7) is 3.68. The van der Waals surface area contributed by atoms with Crippen molar-refractivity contribution in [3.05, 3.63) is 41.1 Å². The molecule has 1 aliphatic rings. The van der Waals surface area contributed by atoms with Crippen molar-refractivity contribution in [2.24, 2.45) is 5.73 Å².